The highest BCUT2D eigenvalue weighted by molar-refractivity contribution is 5.88. The third-order valence-electron chi connectivity index (χ3n) is 5.22. The minimum Gasteiger partial charge on any atom is -0.344 e. The van der Waals surface area contributed by atoms with E-state index in [1.54, 1.807) is 17.9 Å². The maximum Gasteiger partial charge on any atom is 0.245 e. The average molecular weight is 347 g/mol. The molecule has 2 fully saturated rings. The van der Waals surface area contributed by atoms with Gasteiger partial charge >= 0.3 is 0 Å². The fraction of sp³-hybridized carbons (Fsp3) is 0.579. The van der Waals surface area contributed by atoms with Crippen molar-refractivity contribution in [3.63, 3.8) is 0 Å². The molecule has 2 unspecified atom stereocenters. The van der Waals surface area contributed by atoms with Crippen LogP contribution in [-0.2, 0) is 9.59 Å². The molecule has 3 rings (SSSR count). The molecule has 0 radical (unpaired) electrons. The first-order chi connectivity index (χ1) is 12.1. The van der Waals surface area contributed by atoms with Crippen molar-refractivity contribution in [1.29, 1.82) is 0 Å². The number of hydrogen-bond donors (Lipinski definition) is 2. The number of rotatable bonds is 4. The van der Waals surface area contributed by atoms with Crippen molar-refractivity contribution in [2.45, 2.75) is 44.7 Å². The van der Waals surface area contributed by atoms with Crippen LogP contribution in [0.3, 0.4) is 0 Å². The van der Waals surface area contributed by atoms with Crippen molar-refractivity contribution < 1.29 is 14.0 Å². The average Bonchev–Trinajstić information content (AvgIpc) is 3.16. The lowest BCUT2D eigenvalue weighted by molar-refractivity contribution is -0.139. The second kappa shape index (κ2) is 7.95. The first-order valence-corrected chi connectivity index (χ1v) is 9.13. The monoisotopic (exact) mass is 347 g/mol. The van der Waals surface area contributed by atoms with E-state index in [-0.39, 0.29) is 29.6 Å². The van der Waals surface area contributed by atoms with E-state index in [0.29, 0.717) is 19.6 Å². The molecule has 0 spiro atoms. The molecule has 1 heterocycles. The van der Waals surface area contributed by atoms with Gasteiger partial charge in [0.25, 0.3) is 0 Å². The van der Waals surface area contributed by atoms with Gasteiger partial charge in [0.05, 0.1) is 6.04 Å². The first-order valence-electron chi connectivity index (χ1n) is 9.13. The van der Waals surface area contributed by atoms with E-state index in [0.717, 1.165) is 31.2 Å². The van der Waals surface area contributed by atoms with E-state index >= 15 is 0 Å². The summed E-state index contributed by atoms with van der Waals surface area (Å²) in [5.74, 6) is -0.395. The Morgan fingerprint density at radius 3 is 2.80 bits per heavy atom. The van der Waals surface area contributed by atoms with E-state index in [1.165, 1.54) is 12.1 Å². The van der Waals surface area contributed by atoms with Crippen LogP contribution in [0.25, 0.3) is 0 Å². The van der Waals surface area contributed by atoms with Gasteiger partial charge in [-0.1, -0.05) is 25.0 Å². The van der Waals surface area contributed by atoms with Gasteiger partial charge in [-0.3, -0.25) is 9.59 Å². The van der Waals surface area contributed by atoms with Crippen molar-refractivity contribution in [2.24, 2.45) is 5.92 Å². The molecular formula is C19H26FN3O2. The number of nitrogens with zero attached hydrogens (tertiary/aromatic N) is 1. The fourth-order valence-electron chi connectivity index (χ4n) is 3.81. The Balaban J connectivity index is 1.68. The predicted molar refractivity (Wildman–Crippen MR) is 93.3 cm³/mol. The highest BCUT2D eigenvalue weighted by atomic mass is 19.1. The van der Waals surface area contributed by atoms with Gasteiger partial charge in [0, 0.05) is 25.6 Å². The van der Waals surface area contributed by atoms with Crippen molar-refractivity contribution in [1.82, 2.24) is 15.5 Å². The molecule has 1 saturated heterocycles. The fourth-order valence-corrected chi connectivity index (χ4v) is 3.81. The molecule has 5 nitrogen and oxygen atoms in total. The molecule has 0 aromatic heterocycles. The third kappa shape index (κ3) is 4.18. The van der Waals surface area contributed by atoms with Gasteiger partial charge < -0.3 is 15.5 Å². The summed E-state index contributed by atoms with van der Waals surface area (Å²) in [6.07, 6.45) is 3.98. The number of carbonyl (C=O) groups excluding carboxylic acids is 2. The topological polar surface area (TPSA) is 61.4 Å². The quantitative estimate of drug-likeness (QED) is 0.876. The number of piperazine rings is 1. The van der Waals surface area contributed by atoms with E-state index in [4.69, 9.17) is 0 Å². The minimum atomic E-state index is -0.567. The summed E-state index contributed by atoms with van der Waals surface area (Å²) in [5.41, 5.74) is 0.773. The zero-order chi connectivity index (χ0) is 17.8. The molecule has 2 amide bonds. The van der Waals surface area contributed by atoms with Gasteiger partial charge in [-0.15, -0.1) is 0 Å². The van der Waals surface area contributed by atoms with Crippen molar-refractivity contribution in [3.8, 4) is 0 Å². The molecule has 1 saturated carbocycles. The van der Waals surface area contributed by atoms with Crippen LogP contribution in [0.15, 0.2) is 24.3 Å². The smallest absolute Gasteiger partial charge is 0.245 e. The summed E-state index contributed by atoms with van der Waals surface area (Å²) in [6, 6.07) is 5.58. The predicted octanol–water partition coefficient (Wildman–Crippen LogP) is 1.99. The van der Waals surface area contributed by atoms with Crippen LogP contribution < -0.4 is 10.6 Å². The van der Waals surface area contributed by atoms with Crippen molar-refractivity contribution in [3.05, 3.63) is 35.6 Å². The summed E-state index contributed by atoms with van der Waals surface area (Å²) >= 11 is 0. The number of carbonyl (C=O) groups is 2. The molecule has 1 aromatic carbocycles. The van der Waals surface area contributed by atoms with E-state index in [9.17, 15) is 14.0 Å². The van der Waals surface area contributed by atoms with Crippen LogP contribution in [0.4, 0.5) is 4.39 Å². The second-order valence-electron chi connectivity index (χ2n) is 7.02. The van der Waals surface area contributed by atoms with E-state index < -0.39 is 6.04 Å². The van der Waals surface area contributed by atoms with Gasteiger partial charge in [0.15, 0.2) is 0 Å². The lowest BCUT2D eigenvalue weighted by atomic mass is 10.0. The lowest BCUT2D eigenvalue weighted by Gasteiger charge is -2.38. The van der Waals surface area contributed by atoms with Gasteiger partial charge in [0.1, 0.15) is 11.9 Å². The molecule has 1 aromatic rings. The van der Waals surface area contributed by atoms with Gasteiger partial charge in [-0.05, 0) is 37.5 Å². The zero-order valence-corrected chi connectivity index (χ0v) is 14.6. The van der Waals surface area contributed by atoms with Crippen molar-refractivity contribution >= 4 is 11.8 Å². The highest BCUT2D eigenvalue weighted by Gasteiger charge is 2.32. The van der Waals surface area contributed by atoms with Crippen LogP contribution in [-0.4, -0.2) is 42.4 Å². The second-order valence-corrected chi connectivity index (χ2v) is 7.02. The van der Waals surface area contributed by atoms with Crippen LogP contribution >= 0.6 is 0 Å². The number of halogens is 1. The van der Waals surface area contributed by atoms with Crippen LogP contribution in [0.2, 0.25) is 0 Å². The molecule has 6 heteroatoms. The SMILES string of the molecule is CC(NC(=O)C1CCCC1)C(=O)N1CCNCC1c1cccc(F)c1. The number of benzene rings is 1. The maximum atomic E-state index is 13.6. The number of nitrogens with one attached hydrogen (secondary N) is 2. The van der Waals surface area contributed by atoms with Crippen LogP contribution in [0.5, 0.6) is 0 Å². The number of hydrogen-bond acceptors (Lipinski definition) is 3. The third-order valence-corrected chi connectivity index (χ3v) is 5.22. The molecule has 0 bridgehead atoms. The molecule has 1 aliphatic carbocycles. The Morgan fingerprint density at radius 2 is 2.08 bits per heavy atom. The Hall–Kier alpha value is -1.95. The highest BCUT2D eigenvalue weighted by Crippen LogP contribution is 2.26. The van der Waals surface area contributed by atoms with Crippen LogP contribution in [0, 0.1) is 11.7 Å². The Bertz CT molecular complexity index is 631. The molecule has 136 valence electrons. The molecule has 25 heavy (non-hydrogen) atoms. The lowest BCUT2D eigenvalue weighted by Crippen LogP contribution is -2.55. The molecule has 2 aliphatic rings. The largest absolute Gasteiger partial charge is 0.344 e. The van der Waals surface area contributed by atoms with Crippen LogP contribution in [0.1, 0.15) is 44.2 Å². The summed E-state index contributed by atoms with van der Waals surface area (Å²) in [7, 11) is 0. The summed E-state index contributed by atoms with van der Waals surface area (Å²) in [5, 5.41) is 6.14. The van der Waals surface area contributed by atoms with E-state index in [1.807, 2.05) is 6.07 Å². The van der Waals surface area contributed by atoms with Gasteiger partial charge in [-0.25, -0.2) is 4.39 Å². The summed E-state index contributed by atoms with van der Waals surface area (Å²) in [4.78, 5) is 27.0. The van der Waals surface area contributed by atoms with Crippen molar-refractivity contribution in [2.75, 3.05) is 19.6 Å². The molecule has 1 aliphatic heterocycles. The Kier molecular flexibility index (Phi) is 5.68. The van der Waals surface area contributed by atoms with E-state index in [2.05, 4.69) is 10.6 Å². The van der Waals surface area contributed by atoms with Gasteiger partial charge in [-0.2, -0.15) is 0 Å². The molecule has 2 N–H and O–H groups in total. The standard InChI is InChI=1S/C19H26FN3O2/c1-13(22-18(24)14-5-2-3-6-14)19(25)23-10-9-21-12-17(23)15-7-4-8-16(20)11-15/h4,7-8,11,13-14,17,21H,2-3,5-6,9-10,12H2,1H3,(H,22,24). The normalized spacial score (nSPS) is 22.6. The maximum absolute atomic E-state index is 13.6. The Labute approximate surface area is 148 Å². The zero-order valence-electron chi connectivity index (χ0n) is 14.6. The van der Waals surface area contributed by atoms with Gasteiger partial charge in [0.2, 0.25) is 11.8 Å². The first kappa shape index (κ1) is 17.9. The molecular weight excluding hydrogens is 321 g/mol. The summed E-state index contributed by atoms with van der Waals surface area (Å²) in [6.45, 7) is 3.56. The minimum absolute atomic E-state index is 0.0178. The number of amides is 2. The Morgan fingerprint density at radius 1 is 1.32 bits per heavy atom. The molecule has 2 atom stereocenters. The summed E-state index contributed by atoms with van der Waals surface area (Å²) < 4.78 is 13.6.